The Morgan fingerprint density at radius 2 is 2.06 bits per heavy atom. The Balaban J connectivity index is 3.26. The number of nitrogens with zero attached hydrogens (tertiary/aromatic N) is 1. The molecule has 1 rings (SSSR count). The first kappa shape index (κ1) is 14.7. The molecule has 0 aliphatic rings. The van der Waals surface area contributed by atoms with Crippen LogP contribution in [-0.4, -0.2) is 30.3 Å². The topological polar surface area (TPSA) is 66.7 Å². The quantitative estimate of drug-likeness (QED) is 0.507. The number of hydrogen-bond donors (Lipinski definition) is 1. The molecule has 0 heterocycles. The predicted octanol–water partition coefficient (Wildman–Crippen LogP) is 2.39. The first-order chi connectivity index (χ1) is 8.46. The van der Waals surface area contributed by atoms with Crippen molar-refractivity contribution >= 4 is 15.5 Å². The maximum absolute atomic E-state index is 12.0. The lowest BCUT2D eigenvalue weighted by Gasteiger charge is -2.16. The zero-order valence-electron chi connectivity index (χ0n) is 10.9. The third-order valence-electron chi connectivity index (χ3n) is 2.93. The first-order valence-corrected chi connectivity index (χ1v) is 7.68. The fraction of sp³-hybridized carbons (Fsp3) is 0.462. The lowest BCUT2D eigenvalue weighted by atomic mass is 10.0. The highest BCUT2D eigenvalue weighted by molar-refractivity contribution is 7.92. The van der Waals surface area contributed by atoms with Crippen molar-refractivity contribution in [1.82, 2.24) is 0 Å². The van der Waals surface area contributed by atoms with Gasteiger partial charge < -0.3 is 5.21 Å². The Morgan fingerprint density at radius 1 is 1.39 bits per heavy atom. The van der Waals surface area contributed by atoms with Gasteiger partial charge in [0.2, 0.25) is 0 Å². The van der Waals surface area contributed by atoms with Gasteiger partial charge in [-0.1, -0.05) is 48.8 Å². The molecule has 1 aromatic rings. The van der Waals surface area contributed by atoms with E-state index in [-0.39, 0.29) is 11.5 Å². The molecule has 1 N–H and O–H groups in total. The molecule has 0 bridgehead atoms. The van der Waals surface area contributed by atoms with Crippen LogP contribution in [0.15, 0.2) is 29.4 Å². The maximum Gasteiger partial charge on any atom is 0.158 e. The molecule has 0 aliphatic heterocycles. The minimum atomic E-state index is -3.27. The van der Waals surface area contributed by atoms with Gasteiger partial charge in [0, 0.05) is 11.3 Å². The third kappa shape index (κ3) is 3.10. The third-order valence-corrected chi connectivity index (χ3v) is 5.16. The van der Waals surface area contributed by atoms with Crippen molar-refractivity contribution in [3.8, 4) is 0 Å². The summed E-state index contributed by atoms with van der Waals surface area (Å²) in [6, 6.07) is 7.31. The van der Waals surface area contributed by atoms with Gasteiger partial charge in [-0.05, 0) is 13.3 Å². The van der Waals surface area contributed by atoms with E-state index < -0.39 is 15.1 Å². The molecule has 18 heavy (non-hydrogen) atoms. The largest absolute Gasteiger partial charge is 0.411 e. The lowest BCUT2D eigenvalue weighted by molar-refractivity contribution is 0.318. The second-order valence-corrected chi connectivity index (χ2v) is 6.68. The Morgan fingerprint density at radius 3 is 2.50 bits per heavy atom. The van der Waals surface area contributed by atoms with Crippen molar-refractivity contribution in [3.63, 3.8) is 0 Å². The summed E-state index contributed by atoms with van der Waals surface area (Å²) in [4.78, 5) is 0. The van der Waals surface area contributed by atoms with Crippen LogP contribution in [0.25, 0.3) is 0 Å². The fourth-order valence-electron chi connectivity index (χ4n) is 1.93. The number of hydrogen-bond acceptors (Lipinski definition) is 4. The van der Waals surface area contributed by atoms with E-state index in [1.165, 1.54) is 0 Å². The van der Waals surface area contributed by atoms with Crippen LogP contribution in [0.4, 0.5) is 0 Å². The average molecular weight is 269 g/mol. The smallest absolute Gasteiger partial charge is 0.158 e. The molecule has 4 nitrogen and oxygen atoms in total. The van der Waals surface area contributed by atoms with Crippen molar-refractivity contribution in [2.75, 3.05) is 5.75 Å². The van der Waals surface area contributed by atoms with Gasteiger partial charge >= 0.3 is 0 Å². The Bertz CT molecular complexity index is 535. The monoisotopic (exact) mass is 269 g/mol. The average Bonchev–Trinajstić information content (AvgIpc) is 2.35. The summed E-state index contributed by atoms with van der Waals surface area (Å²) in [5, 5.41) is 11.6. The molecular formula is C13H19NO3S. The standard InChI is InChI=1S/C13H19NO3S/c1-4-12(18(16,17)5-2)13(14-15)11-8-6-7-10(3)9-11/h6-9,12,15H,4-5H2,1-3H3/b14-13+. The van der Waals surface area contributed by atoms with Gasteiger partial charge in [-0.15, -0.1) is 0 Å². The molecule has 0 aliphatic carbocycles. The van der Waals surface area contributed by atoms with E-state index in [2.05, 4.69) is 5.16 Å². The summed E-state index contributed by atoms with van der Waals surface area (Å²) in [5.74, 6) is 0.0380. The fourth-order valence-corrected chi connectivity index (χ4v) is 3.36. The highest BCUT2D eigenvalue weighted by Gasteiger charge is 2.28. The molecule has 0 saturated heterocycles. The summed E-state index contributed by atoms with van der Waals surface area (Å²) < 4.78 is 24.0. The van der Waals surface area contributed by atoms with Crippen molar-refractivity contribution in [1.29, 1.82) is 0 Å². The van der Waals surface area contributed by atoms with Gasteiger partial charge in [0.05, 0.1) is 0 Å². The first-order valence-electron chi connectivity index (χ1n) is 5.96. The van der Waals surface area contributed by atoms with E-state index in [9.17, 15) is 8.42 Å². The van der Waals surface area contributed by atoms with E-state index >= 15 is 0 Å². The minimum Gasteiger partial charge on any atom is -0.411 e. The summed E-state index contributed by atoms with van der Waals surface area (Å²) in [6.45, 7) is 5.29. The Hall–Kier alpha value is -1.36. The van der Waals surface area contributed by atoms with Crippen molar-refractivity contribution < 1.29 is 13.6 Å². The lowest BCUT2D eigenvalue weighted by Crippen LogP contribution is -2.32. The predicted molar refractivity (Wildman–Crippen MR) is 73.0 cm³/mol. The van der Waals surface area contributed by atoms with Crippen LogP contribution >= 0.6 is 0 Å². The van der Waals surface area contributed by atoms with Gasteiger partial charge in [0.25, 0.3) is 0 Å². The number of benzene rings is 1. The Labute approximate surface area is 108 Å². The van der Waals surface area contributed by atoms with Gasteiger partial charge in [0.15, 0.2) is 9.84 Å². The van der Waals surface area contributed by atoms with E-state index in [0.29, 0.717) is 12.0 Å². The van der Waals surface area contributed by atoms with Gasteiger partial charge in [-0.3, -0.25) is 0 Å². The molecule has 0 radical (unpaired) electrons. The molecule has 100 valence electrons. The zero-order chi connectivity index (χ0) is 13.8. The summed E-state index contributed by atoms with van der Waals surface area (Å²) >= 11 is 0. The van der Waals surface area contributed by atoms with Crippen molar-refractivity contribution in [2.45, 2.75) is 32.4 Å². The van der Waals surface area contributed by atoms with Crippen LogP contribution in [-0.2, 0) is 9.84 Å². The van der Waals surface area contributed by atoms with E-state index in [1.54, 1.807) is 19.9 Å². The molecule has 0 amide bonds. The van der Waals surface area contributed by atoms with Gasteiger partial charge in [-0.2, -0.15) is 0 Å². The summed E-state index contributed by atoms with van der Waals surface area (Å²) in [7, 11) is -3.27. The van der Waals surface area contributed by atoms with Crippen molar-refractivity contribution in [3.05, 3.63) is 35.4 Å². The molecule has 0 spiro atoms. The van der Waals surface area contributed by atoms with Crippen LogP contribution in [0.2, 0.25) is 0 Å². The Kier molecular flexibility index (Phi) is 4.90. The van der Waals surface area contributed by atoms with E-state index in [1.807, 2.05) is 25.1 Å². The minimum absolute atomic E-state index is 0.0380. The molecule has 0 fully saturated rings. The molecule has 0 aromatic heterocycles. The molecule has 1 atom stereocenters. The second-order valence-electron chi connectivity index (χ2n) is 4.20. The molecule has 5 heteroatoms. The van der Waals surface area contributed by atoms with Gasteiger partial charge in [-0.25, -0.2) is 8.42 Å². The summed E-state index contributed by atoms with van der Waals surface area (Å²) in [6.07, 6.45) is 0.392. The highest BCUT2D eigenvalue weighted by atomic mass is 32.2. The molecule has 1 unspecified atom stereocenters. The summed E-state index contributed by atoms with van der Waals surface area (Å²) in [5.41, 5.74) is 1.88. The number of oxime groups is 1. The second kappa shape index (κ2) is 6.00. The van der Waals surface area contributed by atoms with Crippen LogP contribution in [0.3, 0.4) is 0 Å². The maximum atomic E-state index is 12.0. The van der Waals surface area contributed by atoms with E-state index in [4.69, 9.17) is 5.21 Å². The van der Waals surface area contributed by atoms with Crippen LogP contribution in [0.1, 0.15) is 31.4 Å². The zero-order valence-corrected chi connectivity index (χ0v) is 11.7. The molecule has 1 aromatic carbocycles. The SMILES string of the molecule is CCC(/C(=N/O)c1cccc(C)c1)S(=O)(=O)CC. The number of sulfone groups is 1. The van der Waals surface area contributed by atoms with Crippen molar-refractivity contribution in [2.24, 2.45) is 5.16 Å². The van der Waals surface area contributed by atoms with Crippen LogP contribution in [0, 0.1) is 6.92 Å². The van der Waals surface area contributed by atoms with E-state index in [0.717, 1.165) is 5.56 Å². The molecular weight excluding hydrogens is 250 g/mol. The van der Waals surface area contributed by atoms with Crippen LogP contribution < -0.4 is 0 Å². The number of aryl methyl sites for hydroxylation is 1. The normalized spacial score (nSPS) is 14.5. The van der Waals surface area contributed by atoms with Crippen LogP contribution in [0.5, 0.6) is 0 Å². The highest BCUT2D eigenvalue weighted by Crippen LogP contribution is 2.16. The molecule has 0 saturated carbocycles. The number of rotatable bonds is 5. The van der Waals surface area contributed by atoms with Gasteiger partial charge in [0.1, 0.15) is 11.0 Å².